The molecule has 0 spiro atoms. The van der Waals surface area contributed by atoms with Crippen molar-refractivity contribution in [3.05, 3.63) is 41.5 Å². The molecule has 0 heterocycles. The van der Waals surface area contributed by atoms with Crippen LogP contribution in [0.25, 0.3) is 6.08 Å². The predicted octanol–water partition coefficient (Wildman–Crippen LogP) is 3.22. The molecule has 0 amide bonds. The summed E-state index contributed by atoms with van der Waals surface area (Å²) in [4.78, 5) is 11.1. The highest BCUT2D eigenvalue weighted by Gasteiger charge is 1.97. The molecule has 0 bridgehead atoms. The van der Waals surface area contributed by atoms with Crippen LogP contribution >= 0.6 is 12.6 Å². The van der Waals surface area contributed by atoms with Gasteiger partial charge in [-0.25, -0.2) is 0 Å². The van der Waals surface area contributed by atoms with Gasteiger partial charge in [0, 0.05) is 5.56 Å². The van der Waals surface area contributed by atoms with Gasteiger partial charge in [0.15, 0.2) is 5.78 Å². The van der Waals surface area contributed by atoms with Crippen molar-refractivity contribution in [3.8, 4) is 0 Å². The fourth-order valence-corrected chi connectivity index (χ4v) is 1.30. The lowest BCUT2D eigenvalue weighted by atomic mass is 10.1. The molecule has 0 unspecified atom stereocenters. The van der Waals surface area contributed by atoms with Crippen molar-refractivity contribution in [3.63, 3.8) is 0 Å². The number of carbonyl (C=O) groups excluding carboxylic acids is 1. The molecule has 0 fully saturated rings. The molecule has 74 valence electrons. The van der Waals surface area contributed by atoms with Gasteiger partial charge in [0.1, 0.15) is 0 Å². The second-order valence-electron chi connectivity index (χ2n) is 3.10. The molecule has 1 rings (SSSR count). The SMILES string of the molecule is CC(=O)c1cccc(C=CCCS)c1. The molecule has 1 aromatic carbocycles. The number of Topliss-reactive ketones (excluding diaryl/α,β-unsaturated/α-hetero) is 1. The molecule has 0 N–H and O–H groups in total. The lowest BCUT2D eigenvalue weighted by Crippen LogP contribution is -1.91. The molecule has 0 saturated carbocycles. The largest absolute Gasteiger partial charge is 0.295 e. The zero-order valence-electron chi connectivity index (χ0n) is 8.23. The maximum absolute atomic E-state index is 11.1. The van der Waals surface area contributed by atoms with Crippen LogP contribution in [-0.4, -0.2) is 11.5 Å². The van der Waals surface area contributed by atoms with Gasteiger partial charge < -0.3 is 0 Å². The Balaban J connectivity index is 2.78. The summed E-state index contributed by atoms with van der Waals surface area (Å²) < 4.78 is 0. The Bertz CT molecular complexity index is 342. The van der Waals surface area contributed by atoms with E-state index in [4.69, 9.17) is 0 Å². The second-order valence-corrected chi connectivity index (χ2v) is 3.54. The standard InChI is InChI=1S/C12H14OS/c1-10(13)12-7-4-6-11(9-12)5-2-3-8-14/h2,4-7,9,14H,3,8H2,1H3. The summed E-state index contributed by atoms with van der Waals surface area (Å²) in [6.45, 7) is 1.58. The highest BCUT2D eigenvalue weighted by atomic mass is 32.1. The summed E-state index contributed by atoms with van der Waals surface area (Å²) >= 11 is 4.11. The van der Waals surface area contributed by atoms with E-state index in [1.807, 2.05) is 30.3 Å². The fourth-order valence-electron chi connectivity index (χ4n) is 1.16. The van der Waals surface area contributed by atoms with E-state index in [9.17, 15) is 4.79 Å². The monoisotopic (exact) mass is 206 g/mol. The van der Waals surface area contributed by atoms with Crippen LogP contribution in [0.4, 0.5) is 0 Å². The predicted molar refractivity (Wildman–Crippen MR) is 64.0 cm³/mol. The molecule has 2 heteroatoms. The van der Waals surface area contributed by atoms with E-state index < -0.39 is 0 Å². The Kier molecular flexibility index (Phi) is 4.47. The average Bonchev–Trinajstić information content (AvgIpc) is 2.19. The third-order valence-electron chi connectivity index (χ3n) is 1.90. The molecule has 0 aliphatic rings. The quantitative estimate of drug-likeness (QED) is 0.591. The number of ketones is 1. The number of hydrogen-bond acceptors (Lipinski definition) is 2. The molecule has 14 heavy (non-hydrogen) atoms. The zero-order valence-corrected chi connectivity index (χ0v) is 9.13. The summed E-state index contributed by atoms with van der Waals surface area (Å²) in [6, 6.07) is 7.62. The minimum absolute atomic E-state index is 0.106. The van der Waals surface area contributed by atoms with E-state index in [-0.39, 0.29) is 5.78 Å². The first-order valence-corrected chi connectivity index (χ1v) is 5.25. The normalized spacial score (nSPS) is 10.7. The molecule has 0 saturated heterocycles. The van der Waals surface area contributed by atoms with Crippen LogP contribution in [0.1, 0.15) is 29.3 Å². The summed E-state index contributed by atoms with van der Waals surface area (Å²) in [6.07, 6.45) is 5.03. The molecule has 0 aliphatic heterocycles. The molecule has 0 aliphatic carbocycles. The first-order valence-electron chi connectivity index (χ1n) is 4.62. The molecule has 0 atom stereocenters. The van der Waals surface area contributed by atoms with Crippen LogP contribution in [0.3, 0.4) is 0 Å². The van der Waals surface area contributed by atoms with Gasteiger partial charge in [-0.3, -0.25) is 4.79 Å². The third kappa shape index (κ3) is 3.38. The van der Waals surface area contributed by atoms with Crippen molar-refractivity contribution in [2.75, 3.05) is 5.75 Å². The van der Waals surface area contributed by atoms with Gasteiger partial charge in [0.05, 0.1) is 0 Å². The lowest BCUT2D eigenvalue weighted by molar-refractivity contribution is 0.101. The van der Waals surface area contributed by atoms with Crippen LogP contribution in [0.2, 0.25) is 0 Å². The van der Waals surface area contributed by atoms with Gasteiger partial charge in [-0.05, 0) is 30.7 Å². The fraction of sp³-hybridized carbons (Fsp3) is 0.250. The van der Waals surface area contributed by atoms with Gasteiger partial charge in [0.2, 0.25) is 0 Å². The Labute approximate surface area is 90.2 Å². The highest BCUT2D eigenvalue weighted by molar-refractivity contribution is 7.80. The third-order valence-corrected chi connectivity index (χ3v) is 2.16. The number of allylic oxidation sites excluding steroid dienone is 1. The van der Waals surface area contributed by atoms with Crippen molar-refractivity contribution < 1.29 is 4.79 Å². The summed E-state index contributed by atoms with van der Waals surface area (Å²) in [5.41, 5.74) is 1.83. The molecular formula is C12H14OS. The minimum Gasteiger partial charge on any atom is -0.295 e. The maximum Gasteiger partial charge on any atom is 0.159 e. The van der Waals surface area contributed by atoms with Gasteiger partial charge >= 0.3 is 0 Å². The van der Waals surface area contributed by atoms with Crippen LogP contribution in [0.5, 0.6) is 0 Å². The Hall–Kier alpha value is -1.02. The second kappa shape index (κ2) is 5.66. The average molecular weight is 206 g/mol. The van der Waals surface area contributed by atoms with Crippen LogP contribution in [0.15, 0.2) is 30.3 Å². The van der Waals surface area contributed by atoms with Gasteiger partial charge in [0.25, 0.3) is 0 Å². The van der Waals surface area contributed by atoms with E-state index >= 15 is 0 Å². The highest BCUT2D eigenvalue weighted by Crippen LogP contribution is 2.08. The minimum atomic E-state index is 0.106. The summed E-state index contributed by atoms with van der Waals surface area (Å²) in [5.74, 6) is 0.956. The Morgan fingerprint density at radius 1 is 1.50 bits per heavy atom. The van der Waals surface area contributed by atoms with Crippen LogP contribution in [0, 0.1) is 0 Å². The number of benzene rings is 1. The number of rotatable bonds is 4. The van der Waals surface area contributed by atoms with Crippen molar-refractivity contribution in [2.24, 2.45) is 0 Å². The Morgan fingerprint density at radius 3 is 2.93 bits per heavy atom. The summed E-state index contributed by atoms with van der Waals surface area (Å²) in [5, 5.41) is 0. The lowest BCUT2D eigenvalue weighted by Gasteiger charge is -1.97. The van der Waals surface area contributed by atoms with Crippen molar-refractivity contribution in [1.82, 2.24) is 0 Å². The Morgan fingerprint density at radius 2 is 2.29 bits per heavy atom. The molecule has 1 nitrogen and oxygen atoms in total. The van der Waals surface area contributed by atoms with Crippen LogP contribution < -0.4 is 0 Å². The van der Waals surface area contributed by atoms with E-state index in [2.05, 4.69) is 18.7 Å². The van der Waals surface area contributed by atoms with E-state index in [0.717, 1.165) is 23.3 Å². The van der Waals surface area contributed by atoms with E-state index in [1.54, 1.807) is 6.92 Å². The zero-order chi connectivity index (χ0) is 10.4. The first-order chi connectivity index (χ1) is 6.74. The smallest absolute Gasteiger partial charge is 0.159 e. The number of thiol groups is 1. The van der Waals surface area contributed by atoms with Crippen molar-refractivity contribution >= 4 is 24.5 Å². The summed E-state index contributed by atoms with van der Waals surface area (Å²) in [7, 11) is 0. The number of hydrogen-bond donors (Lipinski definition) is 1. The molecule has 1 aromatic rings. The topological polar surface area (TPSA) is 17.1 Å². The van der Waals surface area contributed by atoms with Crippen molar-refractivity contribution in [2.45, 2.75) is 13.3 Å². The number of carbonyl (C=O) groups is 1. The molecular weight excluding hydrogens is 192 g/mol. The van der Waals surface area contributed by atoms with Gasteiger partial charge in [-0.1, -0.05) is 30.4 Å². The maximum atomic E-state index is 11.1. The first kappa shape index (κ1) is 11.1. The van der Waals surface area contributed by atoms with E-state index in [0.29, 0.717) is 0 Å². The molecule has 0 aromatic heterocycles. The van der Waals surface area contributed by atoms with Gasteiger partial charge in [-0.2, -0.15) is 12.6 Å². The van der Waals surface area contributed by atoms with Gasteiger partial charge in [-0.15, -0.1) is 0 Å². The van der Waals surface area contributed by atoms with Crippen molar-refractivity contribution in [1.29, 1.82) is 0 Å². The van der Waals surface area contributed by atoms with E-state index in [1.165, 1.54) is 0 Å². The molecule has 0 radical (unpaired) electrons. The van der Waals surface area contributed by atoms with Crippen LogP contribution in [-0.2, 0) is 0 Å².